The van der Waals surface area contributed by atoms with Crippen LogP contribution in [-0.4, -0.2) is 18.0 Å². The second-order valence-corrected chi connectivity index (χ2v) is 3.62. The highest BCUT2D eigenvalue weighted by Crippen LogP contribution is 2.29. The Labute approximate surface area is 97.0 Å². The van der Waals surface area contributed by atoms with E-state index in [1.807, 2.05) is 6.07 Å². The Bertz CT molecular complexity index is 569. The van der Waals surface area contributed by atoms with Gasteiger partial charge in [0.25, 0.3) is 5.91 Å². The maximum absolute atomic E-state index is 11.1. The molecule has 4 nitrogen and oxygen atoms in total. The summed E-state index contributed by atoms with van der Waals surface area (Å²) in [5, 5.41) is 1.21. The summed E-state index contributed by atoms with van der Waals surface area (Å²) in [5.41, 5.74) is 5.83. The number of carbonyl (C=O) groups is 1. The zero-order valence-electron chi connectivity index (χ0n) is 8.53. The third-order valence-electron chi connectivity index (χ3n) is 2.22. The molecule has 1 heterocycles. The second-order valence-electron chi connectivity index (χ2n) is 3.21. The van der Waals surface area contributed by atoms with Gasteiger partial charge in [-0.15, -0.1) is 0 Å². The van der Waals surface area contributed by atoms with Crippen LogP contribution in [-0.2, 0) is 0 Å². The first-order valence-corrected chi connectivity index (χ1v) is 4.94. The molecule has 1 aromatic heterocycles. The highest BCUT2D eigenvalue weighted by molar-refractivity contribution is 6.35. The van der Waals surface area contributed by atoms with Gasteiger partial charge in [-0.3, -0.25) is 4.79 Å². The Hall–Kier alpha value is -1.81. The Morgan fingerprint density at radius 2 is 2.25 bits per heavy atom. The first-order valence-electron chi connectivity index (χ1n) is 4.56. The molecule has 1 amide bonds. The van der Waals surface area contributed by atoms with Gasteiger partial charge in [0.2, 0.25) is 0 Å². The summed E-state index contributed by atoms with van der Waals surface area (Å²) in [6.45, 7) is 0. The number of rotatable bonds is 2. The van der Waals surface area contributed by atoms with Gasteiger partial charge in [0.05, 0.1) is 17.6 Å². The summed E-state index contributed by atoms with van der Waals surface area (Å²) in [4.78, 5) is 15.2. The molecule has 0 bridgehead atoms. The van der Waals surface area contributed by atoms with Crippen molar-refractivity contribution in [2.24, 2.45) is 5.73 Å². The van der Waals surface area contributed by atoms with Crippen LogP contribution >= 0.6 is 11.6 Å². The fraction of sp³-hybridized carbons (Fsp3) is 0.0909. The van der Waals surface area contributed by atoms with Crippen molar-refractivity contribution < 1.29 is 9.53 Å². The molecule has 0 radical (unpaired) electrons. The highest BCUT2D eigenvalue weighted by atomic mass is 35.5. The van der Waals surface area contributed by atoms with Gasteiger partial charge >= 0.3 is 0 Å². The minimum atomic E-state index is -0.611. The van der Waals surface area contributed by atoms with Crippen LogP contribution < -0.4 is 10.5 Å². The second kappa shape index (κ2) is 3.98. The molecule has 16 heavy (non-hydrogen) atoms. The lowest BCUT2D eigenvalue weighted by atomic mass is 10.2. The first kappa shape index (κ1) is 10.7. The summed E-state index contributed by atoms with van der Waals surface area (Å²) in [6, 6.07) is 6.80. The molecule has 82 valence electrons. The Morgan fingerprint density at radius 3 is 2.88 bits per heavy atom. The van der Waals surface area contributed by atoms with E-state index in [0.717, 1.165) is 5.39 Å². The Morgan fingerprint density at radius 1 is 1.50 bits per heavy atom. The number of fused-ring (bicyclic) bond motifs is 1. The lowest BCUT2D eigenvalue weighted by Gasteiger charge is -2.07. The van der Waals surface area contributed by atoms with E-state index in [2.05, 4.69) is 4.98 Å². The van der Waals surface area contributed by atoms with E-state index in [1.54, 1.807) is 12.1 Å². The molecule has 0 saturated heterocycles. The number of hydrogen-bond donors (Lipinski definition) is 1. The van der Waals surface area contributed by atoms with Gasteiger partial charge in [0.15, 0.2) is 0 Å². The van der Waals surface area contributed by atoms with Gasteiger partial charge in [0, 0.05) is 11.5 Å². The molecule has 0 atom stereocenters. The third kappa shape index (κ3) is 1.67. The highest BCUT2D eigenvalue weighted by Gasteiger charge is 2.11. The Kier molecular flexibility index (Phi) is 2.66. The number of amides is 1. The average Bonchev–Trinajstić information content (AvgIpc) is 2.28. The van der Waals surface area contributed by atoms with Gasteiger partial charge < -0.3 is 10.5 Å². The molecule has 0 unspecified atom stereocenters. The quantitative estimate of drug-likeness (QED) is 0.867. The summed E-state index contributed by atoms with van der Waals surface area (Å²) < 4.78 is 5.17. The van der Waals surface area contributed by atoms with Crippen molar-refractivity contribution in [3.63, 3.8) is 0 Å². The minimum Gasteiger partial charge on any atom is -0.496 e. The fourth-order valence-electron chi connectivity index (χ4n) is 1.48. The number of methoxy groups -OCH3 is 1. The zero-order chi connectivity index (χ0) is 11.7. The number of primary amides is 1. The third-order valence-corrected chi connectivity index (χ3v) is 2.53. The van der Waals surface area contributed by atoms with E-state index < -0.39 is 5.91 Å². The van der Waals surface area contributed by atoms with Crippen molar-refractivity contribution in [3.8, 4) is 5.75 Å². The van der Waals surface area contributed by atoms with Crippen LogP contribution in [0.4, 0.5) is 0 Å². The summed E-state index contributed by atoms with van der Waals surface area (Å²) in [5.74, 6) is -0.0820. The molecule has 1 aromatic carbocycles. The summed E-state index contributed by atoms with van der Waals surface area (Å²) >= 11 is 5.99. The molecule has 5 heteroatoms. The van der Waals surface area contributed by atoms with Crippen molar-refractivity contribution >= 4 is 28.4 Å². The predicted octanol–water partition coefficient (Wildman–Crippen LogP) is 2.00. The van der Waals surface area contributed by atoms with E-state index in [1.165, 1.54) is 13.2 Å². The topological polar surface area (TPSA) is 65.2 Å². The van der Waals surface area contributed by atoms with Crippen molar-refractivity contribution in [1.82, 2.24) is 4.98 Å². The molecule has 2 aromatic rings. The molecular weight excluding hydrogens is 228 g/mol. The molecule has 0 aliphatic heterocycles. The smallest absolute Gasteiger partial charge is 0.267 e. The maximum atomic E-state index is 11.1. The van der Waals surface area contributed by atoms with Crippen molar-refractivity contribution in [2.75, 3.05) is 7.11 Å². The number of nitrogens with two attached hydrogens (primary N) is 1. The molecule has 2 rings (SSSR count). The number of benzene rings is 1. The van der Waals surface area contributed by atoms with Crippen LogP contribution in [0.5, 0.6) is 5.75 Å². The summed E-state index contributed by atoms with van der Waals surface area (Å²) in [7, 11) is 1.51. The normalized spacial score (nSPS) is 10.4. The van der Waals surface area contributed by atoms with Crippen molar-refractivity contribution in [3.05, 3.63) is 35.0 Å². The number of nitrogens with zero attached hydrogens (tertiary/aromatic N) is 1. The van der Waals surface area contributed by atoms with E-state index in [4.69, 9.17) is 22.1 Å². The van der Waals surface area contributed by atoms with E-state index in [-0.39, 0.29) is 5.69 Å². The van der Waals surface area contributed by atoms with Crippen LogP contribution in [0.25, 0.3) is 10.9 Å². The predicted molar refractivity (Wildman–Crippen MR) is 61.8 cm³/mol. The SMILES string of the molecule is COc1cc(C(N)=O)nc2c(Cl)cccc12. The lowest BCUT2D eigenvalue weighted by molar-refractivity contribution is 0.0995. The van der Waals surface area contributed by atoms with Crippen LogP contribution in [0.3, 0.4) is 0 Å². The van der Waals surface area contributed by atoms with Gasteiger partial charge in [-0.1, -0.05) is 17.7 Å². The number of halogens is 1. The van der Waals surface area contributed by atoms with Gasteiger partial charge in [-0.05, 0) is 12.1 Å². The Balaban J connectivity index is 2.84. The van der Waals surface area contributed by atoms with Crippen molar-refractivity contribution in [1.29, 1.82) is 0 Å². The monoisotopic (exact) mass is 236 g/mol. The minimum absolute atomic E-state index is 0.137. The zero-order valence-corrected chi connectivity index (χ0v) is 9.28. The van der Waals surface area contributed by atoms with Crippen LogP contribution in [0.1, 0.15) is 10.5 Å². The van der Waals surface area contributed by atoms with Gasteiger partial charge in [-0.25, -0.2) is 4.98 Å². The average molecular weight is 237 g/mol. The fourth-order valence-corrected chi connectivity index (χ4v) is 1.69. The first-order chi connectivity index (χ1) is 7.63. The molecule has 0 saturated carbocycles. The standard InChI is InChI=1S/C11H9ClN2O2/c1-16-9-5-8(11(13)15)14-10-6(9)3-2-4-7(10)12/h2-5H,1H3,(H2,13,15). The molecular formula is C11H9ClN2O2. The number of carbonyl (C=O) groups excluding carboxylic acids is 1. The molecule has 0 aliphatic rings. The molecule has 2 N–H and O–H groups in total. The van der Waals surface area contributed by atoms with E-state index in [0.29, 0.717) is 16.3 Å². The van der Waals surface area contributed by atoms with Crippen LogP contribution in [0, 0.1) is 0 Å². The summed E-state index contributed by atoms with van der Waals surface area (Å²) in [6.07, 6.45) is 0. The van der Waals surface area contributed by atoms with Crippen LogP contribution in [0.2, 0.25) is 5.02 Å². The van der Waals surface area contributed by atoms with E-state index >= 15 is 0 Å². The lowest BCUT2D eigenvalue weighted by Crippen LogP contribution is -2.13. The number of para-hydroxylation sites is 1. The number of aromatic nitrogens is 1. The van der Waals surface area contributed by atoms with Gasteiger partial charge in [0.1, 0.15) is 11.4 Å². The van der Waals surface area contributed by atoms with Crippen molar-refractivity contribution in [2.45, 2.75) is 0 Å². The number of ether oxygens (including phenoxy) is 1. The molecule has 0 aliphatic carbocycles. The maximum Gasteiger partial charge on any atom is 0.267 e. The number of hydrogen-bond acceptors (Lipinski definition) is 3. The van der Waals surface area contributed by atoms with E-state index in [9.17, 15) is 4.79 Å². The number of pyridine rings is 1. The van der Waals surface area contributed by atoms with Crippen LogP contribution in [0.15, 0.2) is 24.3 Å². The largest absolute Gasteiger partial charge is 0.496 e. The van der Waals surface area contributed by atoms with Gasteiger partial charge in [-0.2, -0.15) is 0 Å². The molecule has 0 spiro atoms. The molecule has 0 fully saturated rings.